The highest BCUT2D eigenvalue weighted by Crippen LogP contribution is 2.18. The van der Waals surface area contributed by atoms with Crippen molar-refractivity contribution in [2.24, 2.45) is 0 Å². The first-order chi connectivity index (χ1) is 9.24. The number of benzene rings is 1. The van der Waals surface area contributed by atoms with Crippen molar-refractivity contribution < 1.29 is 9.21 Å². The Bertz CT molecular complexity index is 736. The van der Waals surface area contributed by atoms with Crippen LogP contribution in [0, 0.1) is 6.92 Å². The van der Waals surface area contributed by atoms with Crippen molar-refractivity contribution >= 4 is 22.8 Å². The van der Waals surface area contributed by atoms with E-state index < -0.39 is 0 Å². The Balaban J connectivity index is 2.04. The van der Waals surface area contributed by atoms with E-state index in [-0.39, 0.29) is 11.9 Å². The molecule has 0 saturated heterocycles. The zero-order valence-corrected chi connectivity index (χ0v) is 10.3. The molecule has 2 heterocycles. The summed E-state index contributed by atoms with van der Waals surface area (Å²) in [6.07, 6.45) is 2.88. The second-order valence-corrected chi connectivity index (χ2v) is 4.12. The lowest BCUT2D eigenvalue weighted by Gasteiger charge is -2.05. The summed E-state index contributed by atoms with van der Waals surface area (Å²) in [7, 11) is 0. The summed E-state index contributed by atoms with van der Waals surface area (Å²) in [6.45, 7) is 1.89. The molecule has 19 heavy (non-hydrogen) atoms. The van der Waals surface area contributed by atoms with E-state index in [1.54, 1.807) is 6.07 Å². The fourth-order valence-electron chi connectivity index (χ4n) is 1.88. The molecule has 0 unspecified atom stereocenters. The number of anilines is 1. The molecule has 0 aliphatic rings. The normalized spacial score (nSPS) is 10.6. The molecule has 0 saturated carbocycles. The summed E-state index contributed by atoms with van der Waals surface area (Å²) in [5, 5.41) is 3.51. The van der Waals surface area contributed by atoms with Crippen LogP contribution in [0.2, 0.25) is 0 Å². The maximum Gasteiger partial charge on any atom is 0.301 e. The molecule has 1 amide bonds. The fourth-order valence-corrected chi connectivity index (χ4v) is 1.88. The predicted molar refractivity (Wildman–Crippen MR) is 70.9 cm³/mol. The molecule has 1 N–H and O–H groups in total. The molecule has 0 spiro atoms. The Kier molecular flexibility index (Phi) is 2.72. The molecule has 0 atom stereocenters. The van der Waals surface area contributed by atoms with Gasteiger partial charge < -0.3 is 4.42 Å². The molecule has 3 aromatic rings. The van der Waals surface area contributed by atoms with E-state index in [4.69, 9.17) is 4.42 Å². The average molecular weight is 253 g/mol. The molecule has 1 aromatic carbocycles. The Labute approximate surface area is 109 Å². The van der Waals surface area contributed by atoms with Crippen LogP contribution < -0.4 is 5.32 Å². The highest BCUT2D eigenvalue weighted by atomic mass is 16.4. The van der Waals surface area contributed by atoms with Crippen molar-refractivity contribution in [3.8, 4) is 0 Å². The quantitative estimate of drug-likeness (QED) is 0.762. The minimum Gasteiger partial charge on any atom is -0.432 e. The van der Waals surface area contributed by atoms with Gasteiger partial charge in [0.2, 0.25) is 0 Å². The number of carbonyl (C=O) groups excluding carboxylic acids is 1. The maximum absolute atomic E-state index is 12.2. The number of carbonyl (C=O) groups is 1. The molecule has 0 aliphatic carbocycles. The zero-order chi connectivity index (χ0) is 13.2. The third-order valence-corrected chi connectivity index (χ3v) is 2.76. The number of aromatic nitrogens is 2. The smallest absolute Gasteiger partial charge is 0.301 e. The first-order valence-corrected chi connectivity index (χ1v) is 5.81. The number of nitrogens with zero attached hydrogens (tertiary/aromatic N) is 2. The molecule has 0 fully saturated rings. The van der Waals surface area contributed by atoms with Crippen molar-refractivity contribution in [2.75, 3.05) is 5.32 Å². The number of oxazole rings is 1. The Hall–Kier alpha value is -2.69. The van der Waals surface area contributed by atoms with Gasteiger partial charge in [0.25, 0.3) is 5.91 Å². The third kappa shape index (κ3) is 2.18. The lowest BCUT2D eigenvalue weighted by Crippen LogP contribution is -2.13. The van der Waals surface area contributed by atoms with Crippen LogP contribution in [-0.4, -0.2) is 15.9 Å². The zero-order valence-electron chi connectivity index (χ0n) is 10.3. The van der Waals surface area contributed by atoms with E-state index in [0.29, 0.717) is 11.1 Å². The Morgan fingerprint density at radius 1 is 1.26 bits per heavy atom. The molecule has 0 radical (unpaired) electrons. The summed E-state index contributed by atoms with van der Waals surface area (Å²) in [4.78, 5) is 20.5. The molecule has 0 bridgehead atoms. The number of pyridine rings is 1. The first kappa shape index (κ1) is 11.4. The molecular formula is C14H11N3O2. The molecular weight excluding hydrogens is 242 g/mol. The number of para-hydroxylation sites is 1. The van der Waals surface area contributed by atoms with Gasteiger partial charge >= 0.3 is 6.01 Å². The fraction of sp³-hybridized carbons (Fsp3) is 0.0714. The number of amides is 1. The highest BCUT2D eigenvalue weighted by Gasteiger charge is 2.13. The van der Waals surface area contributed by atoms with Crippen LogP contribution in [0.15, 0.2) is 47.2 Å². The van der Waals surface area contributed by atoms with Gasteiger partial charge in [-0.15, -0.1) is 0 Å². The van der Waals surface area contributed by atoms with Crippen LogP contribution in [0.4, 0.5) is 6.01 Å². The van der Waals surface area contributed by atoms with E-state index in [0.717, 1.165) is 11.1 Å². The van der Waals surface area contributed by atoms with Crippen molar-refractivity contribution in [1.29, 1.82) is 0 Å². The summed E-state index contributed by atoms with van der Waals surface area (Å²) < 4.78 is 5.00. The number of aryl methyl sites for hydroxylation is 1. The number of hydrogen-bond donors (Lipinski definition) is 1. The predicted octanol–water partition coefficient (Wildman–Crippen LogP) is 2.78. The Morgan fingerprint density at radius 3 is 2.95 bits per heavy atom. The van der Waals surface area contributed by atoms with Crippen LogP contribution in [0.3, 0.4) is 0 Å². The first-order valence-electron chi connectivity index (χ1n) is 5.81. The number of rotatable bonds is 2. The summed E-state index contributed by atoms with van der Waals surface area (Å²) >= 11 is 0. The Morgan fingerprint density at radius 2 is 2.16 bits per heavy atom. The van der Waals surface area contributed by atoms with Crippen molar-refractivity contribution in [1.82, 2.24) is 9.97 Å². The monoisotopic (exact) mass is 253 g/mol. The van der Waals surface area contributed by atoms with Crippen molar-refractivity contribution in [2.45, 2.75) is 6.92 Å². The van der Waals surface area contributed by atoms with Crippen molar-refractivity contribution in [3.63, 3.8) is 0 Å². The summed E-state index contributed by atoms with van der Waals surface area (Å²) in [5.41, 5.74) is 2.04. The van der Waals surface area contributed by atoms with Crippen LogP contribution >= 0.6 is 0 Å². The van der Waals surface area contributed by atoms with Gasteiger partial charge in [0.05, 0.1) is 17.3 Å². The van der Waals surface area contributed by atoms with Gasteiger partial charge in [-0.2, -0.15) is 0 Å². The largest absolute Gasteiger partial charge is 0.432 e. The van der Waals surface area contributed by atoms with Gasteiger partial charge in [-0.3, -0.25) is 15.1 Å². The van der Waals surface area contributed by atoms with Gasteiger partial charge in [0.15, 0.2) is 0 Å². The topological polar surface area (TPSA) is 68.0 Å². The highest BCUT2D eigenvalue weighted by molar-refractivity contribution is 6.11. The minimum atomic E-state index is -0.286. The van der Waals surface area contributed by atoms with Gasteiger partial charge in [0.1, 0.15) is 6.26 Å². The molecule has 5 heteroatoms. The summed E-state index contributed by atoms with van der Waals surface area (Å²) in [5.74, 6) is -0.286. The van der Waals surface area contributed by atoms with Crippen LogP contribution in [-0.2, 0) is 0 Å². The van der Waals surface area contributed by atoms with E-state index in [1.807, 2.05) is 31.2 Å². The molecule has 3 rings (SSSR count). The van der Waals surface area contributed by atoms with Gasteiger partial charge in [-0.1, -0.05) is 18.2 Å². The molecule has 5 nitrogen and oxygen atoms in total. The average Bonchev–Trinajstić information content (AvgIpc) is 2.90. The van der Waals surface area contributed by atoms with E-state index in [2.05, 4.69) is 15.3 Å². The number of nitrogens with one attached hydrogen (secondary N) is 1. The van der Waals surface area contributed by atoms with E-state index >= 15 is 0 Å². The third-order valence-electron chi connectivity index (χ3n) is 2.76. The SMILES string of the molecule is Cc1ccc2cccc(C(=O)Nc3ncco3)c2n1. The van der Waals surface area contributed by atoms with E-state index in [9.17, 15) is 4.79 Å². The second kappa shape index (κ2) is 4.53. The minimum absolute atomic E-state index is 0.176. The van der Waals surface area contributed by atoms with Crippen molar-refractivity contribution in [3.05, 3.63) is 54.0 Å². The van der Waals surface area contributed by atoms with Crippen LogP contribution in [0.1, 0.15) is 16.1 Å². The summed E-state index contributed by atoms with van der Waals surface area (Å²) in [6, 6.07) is 9.51. The number of hydrogen-bond acceptors (Lipinski definition) is 4. The van der Waals surface area contributed by atoms with E-state index in [1.165, 1.54) is 12.5 Å². The molecule has 94 valence electrons. The van der Waals surface area contributed by atoms with Gasteiger partial charge in [-0.25, -0.2) is 4.98 Å². The lowest BCUT2D eigenvalue weighted by atomic mass is 10.1. The van der Waals surface area contributed by atoms with Gasteiger partial charge in [0, 0.05) is 11.1 Å². The molecule has 2 aromatic heterocycles. The van der Waals surface area contributed by atoms with Crippen LogP contribution in [0.25, 0.3) is 10.9 Å². The van der Waals surface area contributed by atoms with Crippen LogP contribution in [0.5, 0.6) is 0 Å². The standard InChI is InChI=1S/C14H11N3O2/c1-9-5-6-10-3-2-4-11(12(10)16-9)13(18)17-14-15-7-8-19-14/h2-8H,1H3,(H,15,17,18). The number of fused-ring (bicyclic) bond motifs is 1. The molecule has 0 aliphatic heterocycles. The van der Waals surface area contributed by atoms with Gasteiger partial charge in [-0.05, 0) is 19.1 Å². The maximum atomic E-state index is 12.2. The second-order valence-electron chi connectivity index (χ2n) is 4.12. The lowest BCUT2D eigenvalue weighted by molar-refractivity contribution is 0.102.